The number of aromatic nitrogens is 1. The minimum Gasteiger partial charge on any atom is -0.433 e. The molecule has 0 unspecified atom stereocenters. The number of nitrogens with one attached hydrogen (secondary N) is 1. The van der Waals surface area contributed by atoms with Gasteiger partial charge in [0.2, 0.25) is 0 Å². The highest BCUT2D eigenvalue weighted by Crippen LogP contribution is 2.45. The lowest BCUT2D eigenvalue weighted by Gasteiger charge is -2.34. The fourth-order valence-electron chi connectivity index (χ4n) is 3.51. The number of carbonyl (C=O) groups excluding carboxylic acids is 1. The highest BCUT2D eigenvalue weighted by Gasteiger charge is 2.49. The summed E-state index contributed by atoms with van der Waals surface area (Å²) < 4.78 is 49.0. The lowest BCUT2D eigenvalue weighted by atomic mass is 9.81. The smallest absolute Gasteiger partial charge is 0.387 e. The molecule has 30 heavy (non-hydrogen) atoms. The van der Waals surface area contributed by atoms with Gasteiger partial charge in [0.15, 0.2) is 5.17 Å². The zero-order valence-corrected chi connectivity index (χ0v) is 16.3. The molecule has 7 nitrogen and oxygen atoms in total. The molecule has 1 amide bonds. The van der Waals surface area contributed by atoms with Crippen LogP contribution in [-0.4, -0.2) is 41.6 Å². The maximum absolute atomic E-state index is 14.8. The quantitative estimate of drug-likeness (QED) is 0.745. The van der Waals surface area contributed by atoms with E-state index in [1.807, 2.05) is 0 Å². The molecule has 0 bridgehead atoms. The van der Waals surface area contributed by atoms with Crippen molar-refractivity contribution in [2.24, 2.45) is 16.6 Å². The fourth-order valence-corrected chi connectivity index (χ4v) is 4.48. The van der Waals surface area contributed by atoms with Crippen molar-refractivity contribution in [3.63, 3.8) is 0 Å². The van der Waals surface area contributed by atoms with Crippen LogP contribution in [-0.2, 0) is 10.3 Å². The normalized spacial score (nSPS) is 23.1. The van der Waals surface area contributed by atoms with E-state index in [1.54, 1.807) is 0 Å². The van der Waals surface area contributed by atoms with Crippen LogP contribution in [0.1, 0.15) is 16.1 Å². The number of alkyl halides is 2. The Morgan fingerprint density at radius 1 is 1.37 bits per heavy atom. The van der Waals surface area contributed by atoms with Crippen molar-refractivity contribution in [3.8, 4) is 5.75 Å². The van der Waals surface area contributed by atoms with Crippen molar-refractivity contribution in [1.29, 1.82) is 0 Å². The second-order valence-electron chi connectivity index (χ2n) is 6.80. The summed E-state index contributed by atoms with van der Waals surface area (Å²) in [5.41, 5.74) is 5.57. The molecule has 0 saturated carbocycles. The number of thioether (sulfide) groups is 1. The number of anilines is 1. The zero-order chi connectivity index (χ0) is 21.3. The van der Waals surface area contributed by atoms with Gasteiger partial charge in [0.1, 0.15) is 22.8 Å². The third-order valence-electron chi connectivity index (χ3n) is 4.94. The van der Waals surface area contributed by atoms with Gasteiger partial charge < -0.3 is 20.5 Å². The Morgan fingerprint density at radius 3 is 2.93 bits per heavy atom. The van der Waals surface area contributed by atoms with Gasteiger partial charge in [-0.2, -0.15) is 8.78 Å². The Morgan fingerprint density at radius 2 is 2.20 bits per heavy atom. The van der Waals surface area contributed by atoms with Crippen molar-refractivity contribution in [2.45, 2.75) is 12.2 Å². The van der Waals surface area contributed by atoms with E-state index >= 15 is 0 Å². The second kappa shape index (κ2) is 8.15. The first-order chi connectivity index (χ1) is 14.4. The van der Waals surface area contributed by atoms with E-state index in [1.165, 1.54) is 42.1 Å². The molecular weight excluding hydrogens is 421 g/mol. The minimum absolute atomic E-state index is 0.0148. The van der Waals surface area contributed by atoms with Crippen LogP contribution in [0.2, 0.25) is 0 Å². The zero-order valence-electron chi connectivity index (χ0n) is 15.5. The Bertz CT molecular complexity index is 989. The number of ether oxygens (including phenoxy) is 2. The molecule has 4 rings (SSSR count). The summed E-state index contributed by atoms with van der Waals surface area (Å²) in [6, 6.07) is 6.63. The van der Waals surface area contributed by atoms with E-state index in [4.69, 9.17) is 10.5 Å². The monoisotopic (exact) mass is 438 g/mol. The lowest BCUT2D eigenvalue weighted by Crippen LogP contribution is -2.40. The van der Waals surface area contributed by atoms with Crippen LogP contribution in [0.5, 0.6) is 5.75 Å². The molecule has 2 aromatic rings. The number of rotatable bonds is 5. The fraction of sp³-hybridized carbons (Fsp3) is 0.316. The number of halogens is 3. The largest absolute Gasteiger partial charge is 0.433 e. The van der Waals surface area contributed by atoms with Crippen LogP contribution in [0.3, 0.4) is 0 Å². The summed E-state index contributed by atoms with van der Waals surface area (Å²) in [6.07, 6.45) is 1.02. The number of fused-ring (bicyclic) bond motifs is 1. The first-order valence-corrected chi connectivity index (χ1v) is 9.94. The van der Waals surface area contributed by atoms with E-state index in [2.05, 4.69) is 20.0 Å². The molecule has 0 aliphatic carbocycles. The molecule has 1 saturated heterocycles. The Labute approximate surface area is 173 Å². The molecule has 158 valence electrons. The number of carbonyl (C=O) groups is 1. The molecule has 0 radical (unpaired) electrons. The molecule has 3 N–H and O–H groups in total. The van der Waals surface area contributed by atoms with Crippen molar-refractivity contribution in [3.05, 3.63) is 53.6 Å². The first kappa shape index (κ1) is 20.5. The standard InChI is InChI=1S/C19H17F3N4O3S/c20-14-3-1-11(25-16(27)15-4-2-12(6-24-15)29-17(21)22)5-13(14)19-9-28-7-10(19)8-30-18(23)26-19/h1-6,10,17H,7-9H2,(H2,23,26)(H,25,27)/t10-,19-/m0/s1. The first-order valence-electron chi connectivity index (χ1n) is 8.95. The predicted octanol–water partition coefficient (Wildman–Crippen LogP) is 2.98. The maximum atomic E-state index is 14.8. The van der Waals surface area contributed by atoms with E-state index in [9.17, 15) is 18.0 Å². The van der Waals surface area contributed by atoms with Gasteiger partial charge in [0.05, 0.1) is 19.4 Å². The van der Waals surface area contributed by atoms with Crippen molar-refractivity contribution in [1.82, 2.24) is 4.98 Å². The number of nitrogens with two attached hydrogens (primary N) is 1. The van der Waals surface area contributed by atoms with E-state index in [0.717, 1.165) is 6.20 Å². The predicted molar refractivity (Wildman–Crippen MR) is 105 cm³/mol. The lowest BCUT2D eigenvalue weighted by molar-refractivity contribution is -0.0500. The van der Waals surface area contributed by atoms with Gasteiger partial charge in [0.25, 0.3) is 5.91 Å². The number of hydrogen-bond donors (Lipinski definition) is 2. The Kier molecular flexibility index (Phi) is 5.56. The number of pyridine rings is 1. The average Bonchev–Trinajstić information content (AvgIpc) is 3.13. The summed E-state index contributed by atoms with van der Waals surface area (Å²) in [4.78, 5) is 20.8. The average molecular weight is 438 g/mol. The highest BCUT2D eigenvalue weighted by molar-refractivity contribution is 8.13. The van der Waals surface area contributed by atoms with Gasteiger partial charge in [-0.05, 0) is 30.3 Å². The van der Waals surface area contributed by atoms with Crippen molar-refractivity contribution in [2.75, 3.05) is 24.3 Å². The van der Waals surface area contributed by atoms with Crippen LogP contribution in [0.25, 0.3) is 0 Å². The summed E-state index contributed by atoms with van der Waals surface area (Å²) in [7, 11) is 0. The van der Waals surface area contributed by atoms with Crippen LogP contribution in [0, 0.1) is 11.7 Å². The number of nitrogens with zero attached hydrogens (tertiary/aromatic N) is 2. The van der Waals surface area contributed by atoms with Gasteiger partial charge in [0, 0.05) is 22.9 Å². The molecule has 11 heteroatoms. The minimum atomic E-state index is -2.98. The maximum Gasteiger partial charge on any atom is 0.387 e. The van der Waals surface area contributed by atoms with Crippen LogP contribution in [0.4, 0.5) is 18.9 Å². The molecule has 2 aliphatic rings. The number of amidine groups is 1. The molecule has 3 heterocycles. The molecule has 1 aromatic heterocycles. The number of aliphatic imine (C=N–C) groups is 1. The topological polar surface area (TPSA) is 98.8 Å². The van der Waals surface area contributed by atoms with Gasteiger partial charge >= 0.3 is 6.61 Å². The molecule has 1 fully saturated rings. The number of benzene rings is 1. The van der Waals surface area contributed by atoms with Crippen LogP contribution in [0.15, 0.2) is 41.5 Å². The van der Waals surface area contributed by atoms with Crippen molar-refractivity contribution < 1.29 is 27.4 Å². The molecule has 1 aromatic carbocycles. The summed E-state index contributed by atoms with van der Waals surface area (Å²) in [5, 5.41) is 2.99. The summed E-state index contributed by atoms with van der Waals surface area (Å²) >= 11 is 1.40. The third kappa shape index (κ3) is 3.94. The van der Waals surface area contributed by atoms with E-state index < -0.39 is 23.9 Å². The van der Waals surface area contributed by atoms with Gasteiger partial charge in [-0.3, -0.25) is 4.79 Å². The molecular formula is C19H17F3N4O3S. The van der Waals surface area contributed by atoms with Crippen LogP contribution >= 0.6 is 11.8 Å². The number of hydrogen-bond acceptors (Lipinski definition) is 7. The van der Waals surface area contributed by atoms with Gasteiger partial charge in [-0.25, -0.2) is 14.4 Å². The highest BCUT2D eigenvalue weighted by atomic mass is 32.2. The second-order valence-corrected chi connectivity index (χ2v) is 7.84. The Hall–Kier alpha value is -2.79. The van der Waals surface area contributed by atoms with E-state index in [0.29, 0.717) is 28.8 Å². The third-order valence-corrected chi connectivity index (χ3v) is 5.90. The number of amides is 1. The van der Waals surface area contributed by atoms with Gasteiger partial charge in [-0.15, -0.1) is 0 Å². The molecule has 0 spiro atoms. The Balaban J connectivity index is 1.58. The summed E-state index contributed by atoms with van der Waals surface area (Å²) in [6.45, 7) is -2.35. The molecule has 2 atom stereocenters. The van der Waals surface area contributed by atoms with Crippen molar-refractivity contribution >= 4 is 28.5 Å². The molecule has 2 aliphatic heterocycles. The van der Waals surface area contributed by atoms with E-state index in [-0.39, 0.29) is 24.0 Å². The summed E-state index contributed by atoms with van der Waals surface area (Å²) in [5.74, 6) is -0.613. The van der Waals surface area contributed by atoms with Gasteiger partial charge in [-0.1, -0.05) is 11.8 Å². The SMILES string of the molecule is NC1=N[C@@]2(c3cc(NC(=O)c4ccc(OC(F)F)cn4)ccc3F)COC[C@H]2CS1. The van der Waals surface area contributed by atoms with Crippen LogP contribution < -0.4 is 15.8 Å².